The van der Waals surface area contributed by atoms with Gasteiger partial charge < -0.3 is 4.74 Å². The molecule has 0 fully saturated rings. The van der Waals surface area contributed by atoms with Crippen molar-refractivity contribution in [2.45, 2.75) is 0 Å². The fourth-order valence-electron chi connectivity index (χ4n) is 1.64. The molecule has 18 heavy (non-hydrogen) atoms. The molecule has 0 aliphatic carbocycles. The molecule has 0 aliphatic heterocycles. The standard InChI is InChI=1S/C16H12O2/c1-2-12-18-15-11-7-6-10-14(15)16(17)13-8-4-3-5-9-13/h1,3-11H,12H2. The highest BCUT2D eigenvalue weighted by Crippen LogP contribution is 2.21. The number of terminal acetylenes is 1. The highest BCUT2D eigenvalue weighted by atomic mass is 16.5. The van der Waals surface area contributed by atoms with Crippen LogP contribution in [0.3, 0.4) is 0 Å². The maximum Gasteiger partial charge on any atom is 0.196 e. The minimum atomic E-state index is -0.0665. The molecule has 2 nitrogen and oxygen atoms in total. The third kappa shape index (κ3) is 2.58. The number of carbonyl (C=O) groups excluding carboxylic acids is 1. The van der Waals surface area contributed by atoms with E-state index < -0.39 is 0 Å². The van der Waals surface area contributed by atoms with Gasteiger partial charge in [0, 0.05) is 5.56 Å². The third-order valence-electron chi connectivity index (χ3n) is 2.48. The normalized spacial score (nSPS) is 9.50. The van der Waals surface area contributed by atoms with Crippen molar-refractivity contribution in [2.75, 3.05) is 6.61 Å². The number of benzene rings is 2. The number of ketones is 1. The van der Waals surface area contributed by atoms with Gasteiger partial charge in [-0.3, -0.25) is 4.79 Å². The van der Waals surface area contributed by atoms with Crippen LogP contribution in [-0.4, -0.2) is 12.4 Å². The molecule has 2 aromatic rings. The van der Waals surface area contributed by atoms with E-state index in [9.17, 15) is 4.79 Å². The summed E-state index contributed by atoms with van der Waals surface area (Å²) in [5.41, 5.74) is 1.16. The Morgan fingerprint density at radius 3 is 2.44 bits per heavy atom. The molecule has 0 radical (unpaired) electrons. The molecule has 0 amide bonds. The number of carbonyl (C=O) groups is 1. The second kappa shape index (κ2) is 5.70. The first-order valence-electron chi connectivity index (χ1n) is 5.58. The number of ether oxygens (including phenoxy) is 1. The number of rotatable bonds is 4. The van der Waals surface area contributed by atoms with Crippen molar-refractivity contribution in [3.63, 3.8) is 0 Å². The lowest BCUT2D eigenvalue weighted by Crippen LogP contribution is -2.05. The van der Waals surface area contributed by atoms with Gasteiger partial charge in [-0.15, -0.1) is 6.42 Å². The molecule has 0 N–H and O–H groups in total. The highest BCUT2D eigenvalue weighted by Gasteiger charge is 2.13. The van der Waals surface area contributed by atoms with Crippen molar-refractivity contribution >= 4 is 5.78 Å². The van der Waals surface area contributed by atoms with Crippen LogP contribution in [0.2, 0.25) is 0 Å². The summed E-state index contributed by atoms with van der Waals surface area (Å²) in [6.07, 6.45) is 5.15. The van der Waals surface area contributed by atoms with E-state index in [1.54, 1.807) is 30.3 Å². The zero-order valence-corrected chi connectivity index (χ0v) is 9.80. The van der Waals surface area contributed by atoms with Gasteiger partial charge in [-0.05, 0) is 12.1 Å². The Bertz CT molecular complexity index is 580. The Kier molecular flexibility index (Phi) is 3.78. The Hall–Kier alpha value is -2.53. The fourth-order valence-corrected chi connectivity index (χ4v) is 1.64. The minimum Gasteiger partial charge on any atom is -0.480 e. The van der Waals surface area contributed by atoms with Gasteiger partial charge in [0.15, 0.2) is 5.78 Å². The Balaban J connectivity index is 2.34. The maximum atomic E-state index is 12.3. The zero-order chi connectivity index (χ0) is 12.8. The number of hydrogen-bond donors (Lipinski definition) is 0. The summed E-state index contributed by atoms with van der Waals surface area (Å²) in [5, 5.41) is 0. The average Bonchev–Trinajstić information content (AvgIpc) is 2.45. The van der Waals surface area contributed by atoms with E-state index in [0.717, 1.165) is 0 Å². The summed E-state index contributed by atoms with van der Waals surface area (Å²) in [7, 11) is 0. The number of para-hydroxylation sites is 1. The van der Waals surface area contributed by atoms with Gasteiger partial charge in [-0.1, -0.05) is 48.4 Å². The molecule has 0 heterocycles. The van der Waals surface area contributed by atoms with Crippen LogP contribution in [0.5, 0.6) is 5.75 Å². The van der Waals surface area contributed by atoms with Crippen molar-refractivity contribution in [1.82, 2.24) is 0 Å². The van der Waals surface area contributed by atoms with Crippen LogP contribution < -0.4 is 4.74 Å². The molecule has 0 saturated carbocycles. The molecular formula is C16H12O2. The van der Waals surface area contributed by atoms with Gasteiger partial charge in [0.25, 0.3) is 0 Å². The first-order valence-corrected chi connectivity index (χ1v) is 5.58. The molecular weight excluding hydrogens is 224 g/mol. The first kappa shape index (κ1) is 11.9. The van der Waals surface area contributed by atoms with Crippen LogP contribution in [0, 0.1) is 12.3 Å². The van der Waals surface area contributed by atoms with Crippen molar-refractivity contribution in [3.8, 4) is 18.1 Å². The maximum absolute atomic E-state index is 12.3. The van der Waals surface area contributed by atoms with Crippen LogP contribution in [0.25, 0.3) is 0 Å². The van der Waals surface area contributed by atoms with Crippen LogP contribution in [0.4, 0.5) is 0 Å². The van der Waals surface area contributed by atoms with Crippen LogP contribution >= 0.6 is 0 Å². The second-order valence-corrected chi connectivity index (χ2v) is 3.68. The first-order chi connectivity index (χ1) is 8.83. The molecule has 0 aliphatic rings. The average molecular weight is 236 g/mol. The van der Waals surface area contributed by atoms with Crippen molar-refractivity contribution in [1.29, 1.82) is 0 Å². The smallest absolute Gasteiger partial charge is 0.196 e. The van der Waals surface area contributed by atoms with Crippen LogP contribution in [0.15, 0.2) is 54.6 Å². The van der Waals surface area contributed by atoms with E-state index in [2.05, 4.69) is 5.92 Å². The SMILES string of the molecule is C#CCOc1ccccc1C(=O)c1ccccc1. The lowest BCUT2D eigenvalue weighted by molar-refractivity contribution is 0.103. The summed E-state index contributed by atoms with van der Waals surface area (Å²) in [6, 6.07) is 16.2. The monoisotopic (exact) mass is 236 g/mol. The van der Waals surface area contributed by atoms with E-state index in [-0.39, 0.29) is 12.4 Å². The van der Waals surface area contributed by atoms with Gasteiger partial charge in [0.1, 0.15) is 12.4 Å². The largest absolute Gasteiger partial charge is 0.480 e. The highest BCUT2D eigenvalue weighted by molar-refractivity contribution is 6.10. The molecule has 0 unspecified atom stereocenters. The van der Waals surface area contributed by atoms with E-state index in [4.69, 9.17) is 11.2 Å². The molecule has 2 heteroatoms. The molecule has 0 saturated heterocycles. The van der Waals surface area contributed by atoms with Crippen LogP contribution in [-0.2, 0) is 0 Å². The summed E-state index contributed by atoms with van der Waals surface area (Å²) >= 11 is 0. The molecule has 0 bridgehead atoms. The van der Waals surface area contributed by atoms with Gasteiger partial charge in [-0.25, -0.2) is 0 Å². The lowest BCUT2D eigenvalue weighted by Gasteiger charge is -2.08. The van der Waals surface area contributed by atoms with Gasteiger partial charge >= 0.3 is 0 Å². The van der Waals surface area contributed by atoms with E-state index >= 15 is 0 Å². The molecule has 2 rings (SSSR count). The lowest BCUT2D eigenvalue weighted by atomic mass is 10.0. The van der Waals surface area contributed by atoms with Gasteiger partial charge in [-0.2, -0.15) is 0 Å². The topological polar surface area (TPSA) is 26.3 Å². The predicted octanol–water partition coefficient (Wildman–Crippen LogP) is 2.93. The molecule has 0 atom stereocenters. The Morgan fingerprint density at radius 1 is 1.06 bits per heavy atom. The molecule has 0 spiro atoms. The summed E-state index contributed by atoms with van der Waals surface area (Å²) in [6.45, 7) is 0.152. The summed E-state index contributed by atoms with van der Waals surface area (Å²) < 4.78 is 5.37. The summed E-state index contributed by atoms with van der Waals surface area (Å²) in [5.74, 6) is 2.84. The zero-order valence-electron chi connectivity index (χ0n) is 9.80. The van der Waals surface area contributed by atoms with Crippen LogP contribution in [0.1, 0.15) is 15.9 Å². The number of hydrogen-bond acceptors (Lipinski definition) is 2. The van der Waals surface area contributed by atoms with Gasteiger partial charge in [0.05, 0.1) is 5.56 Å². The second-order valence-electron chi connectivity index (χ2n) is 3.68. The quantitative estimate of drug-likeness (QED) is 0.602. The van der Waals surface area contributed by atoms with E-state index in [1.807, 2.05) is 24.3 Å². The van der Waals surface area contributed by atoms with Crippen molar-refractivity contribution in [2.24, 2.45) is 0 Å². The van der Waals surface area contributed by atoms with Crippen molar-refractivity contribution < 1.29 is 9.53 Å². The fraction of sp³-hybridized carbons (Fsp3) is 0.0625. The van der Waals surface area contributed by atoms with E-state index in [1.165, 1.54) is 0 Å². The molecule has 2 aromatic carbocycles. The van der Waals surface area contributed by atoms with E-state index in [0.29, 0.717) is 16.9 Å². The Morgan fingerprint density at radius 2 is 1.72 bits per heavy atom. The van der Waals surface area contributed by atoms with Gasteiger partial charge in [0.2, 0.25) is 0 Å². The third-order valence-corrected chi connectivity index (χ3v) is 2.48. The predicted molar refractivity (Wildman–Crippen MR) is 70.6 cm³/mol. The minimum absolute atomic E-state index is 0.0665. The molecule has 0 aromatic heterocycles. The molecule has 88 valence electrons. The summed E-state index contributed by atoms with van der Waals surface area (Å²) in [4.78, 5) is 12.3. The van der Waals surface area contributed by atoms with Crippen molar-refractivity contribution in [3.05, 3.63) is 65.7 Å². The Labute approximate surface area is 106 Å².